The van der Waals surface area contributed by atoms with E-state index in [-0.39, 0.29) is 12.4 Å². The molecule has 1 aromatic heterocycles. The SMILES string of the molecule is NC(=O)[C@@H](CO)c1ccc(Nc2ncc(-c3ccc(OC(F)F)cc3)cn2)cc1. The van der Waals surface area contributed by atoms with Gasteiger partial charge in [0.1, 0.15) is 5.75 Å². The number of nitrogens with two attached hydrogens (primary N) is 1. The van der Waals surface area contributed by atoms with Gasteiger partial charge in [-0.1, -0.05) is 24.3 Å². The van der Waals surface area contributed by atoms with Crippen LogP contribution >= 0.6 is 0 Å². The number of primary amides is 1. The molecule has 9 heteroatoms. The van der Waals surface area contributed by atoms with Gasteiger partial charge in [-0.3, -0.25) is 4.79 Å². The zero-order valence-electron chi connectivity index (χ0n) is 15.1. The van der Waals surface area contributed by atoms with E-state index in [1.807, 2.05) is 0 Å². The largest absolute Gasteiger partial charge is 0.435 e. The zero-order chi connectivity index (χ0) is 20.8. The zero-order valence-corrected chi connectivity index (χ0v) is 15.1. The second-order valence-electron chi connectivity index (χ2n) is 6.08. The van der Waals surface area contributed by atoms with E-state index in [1.54, 1.807) is 48.8 Å². The van der Waals surface area contributed by atoms with Crippen molar-refractivity contribution in [3.63, 3.8) is 0 Å². The van der Waals surface area contributed by atoms with Crippen molar-refractivity contribution in [2.75, 3.05) is 11.9 Å². The average Bonchev–Trinajstić information content (AvgIpc) is 2.70. The number of nitrogens with zero attached hydrogens (tertiary/aromatic N) is 2. The highest BCUT2D eigenvalue weighted by molar-refractivity contribution is 5.82. The molecule has 0 saturated carbocycles. The number of amides is 1. The molecule has 3 rings (SSSR count). The summed E-state index contributed by atoms with van der Waals surface area (Å²) in [5.41, 5.74) is 8.02. The van der Waals surface area contributed by atoms with Crippen LogP contribution in [0.1, 0.15) is 11.5 Å². The first-order chi connectivity index (χ1) is 14.0. The van der Waals surface area contributed by atoms with E-state index >= 15 is 0 Å². The summed E-state index contributed by atoms with van der Waals surface area (Å²) in [5.74, 6) is -0.920. The lowest BCUT2D eigenvalue weighted by molar-refractivity contribution is -0.120. The molecule has 7 nitrogen and oxygen atoms in total. The second-order valence-corrected chi connectivity index (χ2v) is 6.08. The highest BCUT2D eigenvalue weighted by Gasteiger charge is 2.16. The Morgan fingerprint density at radius 1 is 1.03 bits per heavy atom. The normalized spacial score (nSPS) is 11.9. The molecule has 0 fully saturated rings. The summed E-state index contributed by atoms with van der Waals surface area (Å²) < 4.78 is 28.7. The lowest BCUT2D eigenvalue weighted by atomic mass is 9.99. The molecular formula is C20H18F2N4O3. The van der Waals surface area contributed by atoms with Crippen LogP contribution in [0, 0.1) is 0 Å². The van der Waals surface area contributed by atoms with Gasteiger partial charge in [-0.2, -0.15) is 8.78 Å². The topological polar surface area (TPSA) is 110 Å². The number of carbonyl (C=O) groups is 1. The Morgan fingerprint density at radius 3 is 2.17 bits per heavy atom. The third-order valence-corrected chi connectivity index (χ3v) is 4.16. The highest BCUT2D eigenvalue weighted by Crippen LogP contribution is 2.24. The van der Waals surface area contributed by atoms with Gasteiger partial charge < -0.3 is 20.9 Å². The van der Waals surface area contributed by atoms with Crippen molar-refractivity contribution in [1.82, 2.24) is 9.97 Å². The van der Waals surface area contributed by atoms with Crippen LogP contribution in [0.25, 0.3) is 11.1 Å². The van der Waals surface area contributed by atoms with Crippen LogP contribution in [-0.2, 0) is 4.79 Å². The third-order valence-electron chi connectivity index (χ3n) is 4.16. The monoisotopic (exact) mass is 400 g/mol. The minimum Gasteiger partial charge on any atom is -0.435 e. The van der Waals surface area contributed by atoms with Crippen LogP contribution in [0.2, 0.25) is 0 Å². The van der Waals surface area contributed by atoms with Crippen LogP contribution in [0.3, 0.4) is 0 Å². The number of halogens is 2. The molecule has 0 radical (unpaired) electrons. The number of hydrogen-bond acceptors (Lipinski definition) is 6. The van der Waals surface area contributed by atoms with Gasteiger partial charge in [0.05, 0.1) is 12.5 Å². The second kappa shape index (κ2) is 9.07. The van der Waals surface area contributed by atoms with Gasteiger partial charge in [-0.25, -0.2) is 9.97 Å². The van der Waals surface area contributed by atoms with Crippen molar-refractivity contribution < 1.29 is 23.4 Å². The van der Waals surface area contributed by atoms with Crippen molar-refractivity contribution in [2.24, 2.45) is 5.73 Å². The predicted octanol–water partition coefficient (Wildman–Crippen LogP) is 3.05. The number of benzene rings is 2. The number of ether oxygens (including phenoxy) is 1. The van der Waals surface area contributed by atoms with Gasteiger partial charge in [0.2, 0.25) is 11.9 Å². The molecule has 0 unspecified atom stereocenters. The number of aliphatic hydroxyl groups excluding tert-OH is 1. The molecule has 0 aliphatic carbocycles. The molecule has 1 amide bonds. The molecule has 150 valence electrons. The summed E-state index contributed by atoms with van der Waals surface area (Å²) in [6.45, 7) is -3.23. The summed E-state index contributed by atoms with van der Waals surface area (Å²) in [7, 11) is 0. The number of nitrogens with one attached hydrogen (secondary N) is 1. The Kier molecular flexibility index (Phi) is 6.30. The Morgan fingerprint density at radius 2 is 1.66 bits per heavy atom. The molecule has 0 aliphatic rings. The molecule has 0 saturated heterocycles. The Labute approximate surface area is 165 Å². The average molecular weight is 400 g/mol. The number of aromatic nitrogens is 2. The maximum absolute atomic E-state index is 12.2. The van der Waals surface area contributed by atoms with Gasteiger partial charge in [0.25, 0.3) is 0 Å². The standard InChI is InChI=1S/C20H18F2N4O3/c21-19(22)29-16-7-3-12(4-8-16)14-9-24-20(25-10-14)26-15-5-1-13(2-6-15)17(11-27)18(23)28/h1-10,17,19,27H,11H2,(H2,23,28)(H,24,25,26)/t17-/m0/s1. The number of carbonyl (C=O) groups excluding carboxylic acids is 1. The molecule has 1 heterocycles. The lowest BCUT2D eigenvalue weighted by Gasteiger charge is -2.11. The summed E-state index contributed by atoms with van der Waals surface area (Å²) in [6, 6.07) is 13.0. The fourth-order valence-corrected chi connectivity index (χ4v) is 2.66. The molecule has 3 aromatic rings. The Hall–Kier alpha value is -3.59. The van der Waals surface area contributed by atoms with Crippen LogP contribution in [0.15, 0.2) is 60.9 Å². The van der Waals surface area contributed by atoms with Gasteiger partial charge in [-0.05, 0) is 35.4 Å². The summed E-state index contributed by atoms with van der Waals surface area (Å²) in [6.07, 6.45) is 3.20. The first kappa shape index (κ1) is 20.2. The Bertz CT molecular complexity index is 949. The minimum atomic E-state index is -2.87. The van der Waals surface area contributed by atoms with Gasteiger partial charge >= 0.3 is 6.61 Å². The maximum Gasteiger partial charge on any atom is 0.387 e. The van der Waals surface area contributed by atoms with E-state index in [1.165, 1.54) is 12.1 Å². The van der Waals surface area contributed by atoms with Gasteiger partial charge in [0, 0.05) is 23.6 Å². The first-order valence-electron chi connectivity index (χ1n) is 8.60. The van der Waals surface area contributed by atoms with E-state index in [0.717, 1.165) is 5.56 Å². The van der Waals surface area contributed by atoms with Gasteiger partial charge in [0.15, 0.2) is 0 Å². The molecule has 0 aliphatic heterocycles. The van der Waals surface area contributed by atoms with Crippen LogP contribution < -0.4 is 15.8 Å². The number of aliphatic hydroxyl groups is 1. The van der Waals surface area contributed by atoms with Crippen LogP contribution in [0.5, 0.6) is 5.75 Å². The van der Waals surface area contributed by atoms with Crippen molar-refractivity contribution in [1.29, 1.82) is 0 Å². The van der Waals surface area contributed by atoms with Crippen molar-refractivity contribution in [3.8, 4) is 16.9 Å². The third kappa shape index (κ3) is 5.23. The minimum absolute atomic E-state index is 0.0752. The van der Waals surface area contributed by atoms with Crippen LogP contribution in [-0.4, -0.2) is 34.2 Å². The number of hydrogen-bond donors (Lipinski definition) is 3. The molecule has 29 heavy (non-hydrogen) atoms. The molecule has 0 spiro atoms. The van der Waals surface area contributed by atoms with E-state index in [9.17, 15) is 18.7 Å². The fraction of sp³-hybridized carbons (Fsp3) is 0.150. The predicted molar refractivity (Wildman–Crippen MR) is 103 cm³/mol. The number of rotatable bonds is 8. The molecule has 0 bridgehead atoms. The van der Waals surface area contributed by atoms with Crippen molar-refractivity contribution >= 4 is 17.5 Å². The highest BCUT2D eigenvalue weighted by atomic mass is 19.3. The molecule has 2 aromatic carbocycles. The van der Waals surface area contributed by atoms with Gasteiger partial charge in [-0.15, -0.1) is 0 Å². The van der Waals surface area contributed by atoms with Crippen LogP contribution in [0.4, 0.5) is 20.4 Å². The summed E-state index contributed by atoms with van der Waals surface area (Å²) in [5, 5.41) is 12.3. The first-order valence-corrected chi connectivity index (χ1v) is 8.60. The van der Waals surface area contributed by atoms with E-state index in [2.05, 4.69) is 20.0 Å². The summed E-state index contributed by atoms with van der Waals surface area (Å²) in [4.78, 5) is 19.8. The maximum atomic E-state index is 12.2. The summed E-state index contributed by atoms with van der Waals surface area (Å²) >= 11 is 0. The smallest absolute Gasteiger partial charge is 0.387 e. The number of anilines is 2. The fourth-order valence-electron chi connectivity index (χ4n) is 2.66. The van der Waals surface area contributed by atoms with E-state index in [4.69, 9.17) is 5.73 Å². The Balaban J connectivity index is 1.67. The van der Waals surface area contributed by atoms with Crippen molar-refractivity contribution in [2.45, 2.75) is 12.5 Å². The van der Waals surface area contributed by atoms with E-state index < -0.39 is 18.4 Å². The quantitative estimate of drug-likeness (QED) is 0.536. The van der Waals surface area contributed by atoms with E-state index in [0.29, 0.717) is 22.8 Å². The lowest BCUT2D eigenvalue weighted by Crippen LogP contribution is -2.24. The molecule has 4 N–H and O–H groups in total. The molecular weight excluding hydrogens is 382 g/mol. The van der Waals surface area contributed by atoms with Crippen molar-refractivity contribution in [3.05, 3.63) is 66.5 Å². The molecule has 1 atom stereocenters. The number of alkyl halides is 2.